The number of hydrogen-bond acceptors (Lipinski definition) is 5. The van der Waals surface area contributed by atoms with Crippen LogP contribution in [0.5, 0.6) is 0 Å². The van der Waals surface area contributed by atoms with Gasteiger partial charge in [-0.1, -0.05) is 11.6 Å². The molecule has 3 aromatic rings. The van der Waals surface area contributed by atoms with Crippen molar-refractivity contribution in [2.75, 3.05) is 18.4 Å². The molecule has 0 saturated carbocycles. The number of hydrogen-bond donors (Lipinski definition) is 2. The van der Waals surface area contributed by atoms with E-state index in [1.54, 1.807) is 48.5 Å². The van der Waals surface area contributed by atoms with Crippen molar-refractivity contribution in [3.63, 3.8) is 0 Å². The molecule has 0 spiro atoms. The zero-order valence-electron chi connectivity index (χ0n) is 18.1. The SMILES string of the molecule is CCN(CC)C(=O)c1ccc(NC(=O)Cc2c(C)nc(-c3cccnc3)[nH]c2=O)cc1Cl. The second-order valence-corrected chi connectivity index (χ2v) is 7.52. The van der Waals surface area contributed by atoms with Crippen LogP contribution < -0.4 is 10.9 Å². The average Bonchev–Trinajstić information content (AvgIpc) is 2.77. The summed E-state index contributed by atoms with van der Waals surface area (Å²) in [4.78, 5) is 50.4. The van der Waals surface area contributed by atoms with E-state index in [0.717, 1.165) is 0 Å². The number of benzene rings is 1. The Bertz CT molecular complexity index is 1190. The first-order valence-electron chi connectivity index (χ1n) is 10.2. The van der Waals surface area contributed by atoms with Crippen LogP contribution >= 0.6 is 11.6 Å². The number of anilines is 1. The molecule has 2 aromatic heterocycles. The van der Waals surface area contributed by atoms with Crippen molar-refractivity contribution >= 4 is 29.1 Å². The highest BCUT2D eigenvalue weighted by atomic mass is 35.5. The molecule has 166 valence electrons. The summed E-state index contributed by atoms with van der Waals surface area (Å²) in [7, 11) is 0. The predicted molar refractivity (Wildman–Crippen MR) is 124 cm³/mol. The number of aromatic nitrogens is 3. The van der Waals surface area contributed by atoms with Crippen LogP contribution in [-0.2, 0) is 11.2 Å². The first-order valence-corrected chi connectivity index (χ1v) is 10.6. The number of aryl methyl sites for hydroxylation is 1. The minimum atomic E-state index is -0.395. The standard InChI is InChI=1S/C23H24ClN5O3/c1-4-29(5-2)23(32)17-9-8-16(11-19(17)24)27-20(30)12-18-14(3)26-21(28-22(18)31)15-7-6-10-25-13-15/h6-11,13H,4-5,12H2,1-3H3,(H,27,30)(H,26,28,31). The molecule has 0 bridgehead atoms. The van der Waals surface area contributed by atoms with E-state index < -0.39 is 5.91 Å². The molecular weight excluding hydrogens is 430 g/mol. The highest BCUT2D eigenvalue weighted by Gasteiger charge is 2.18. The van der Waals surface area contributed by atoms with Gasteiger partial charge in [-0.2, -0.15) is 0 Å². The van der Waals surface area contributed by atoms with Crippen LogP contribution in [0.1, 0.15) is 35.5 Å². The first kappa shape index (κ1) is 23.1. The Morgan fingerprint density at radius 3 is 2.53 bits per heavy atom. The molecule has 0 unspecified atom stereocenters. The maximum absolute atomic E-state index is 12.6. The smallest absolute Gasteiger partial charge is 0.255 e. The third kappa shape index (κ3) is 5.20. The molecule has 0 saturated heterocycles. The molecule has 0 aliphatic carbocycles. The number of amides is 2. The van der Waals surface area contributed by atoms with Crippen LogP contribution in [0.4, 0.5) is 5.69 Å². The Morgan fingerprint density at radius 1 is 1.19 bits per heavy atom. The summed E-state index contributed by atoms with van der Waals surface area (Å²) in [5, 5.41) is 2.96. The van der Waals surface area contributed by atoms with Crippen LogP contribution in [0, 0.1) is 6.92 Å². The highest BCUT2D eigenvalue weighted by molar-refractivity contribution is 6.34. The van der Waals surface area contributed by atoms with Gasteiger partial charge in [0.1, 0.15) is 5.82 Å². The number of nitrogens with one attached hydrogen (secondary N) is 2. The molecule has 8 nitrogen and oxygen atoms in total. The Hall–Kier alpha value is -3.52. The van der Waals surface area contributed by atoms with Gasteiger partial charge >= 0.3 is 0 Å². The summed E-state index contributed by atoms with van der Waals surface area (Å²) in [5.41, 5.74) is 1.83. The molecule has 0 aliphatic rings. The van der Waals surface area contributed by atoms with Gasteiger partial charge in [0.25, 0.3) is 11.5 Å². The third-order valence-electron chi connectivity index (χ3n) is 5.03. The fourth-order valence-corrected chi connectivity index (χ4v) is 3.53. The van der Waals surface area contributed by atoms with E-state index in [4.69, 9.17) is 11.6 Å². The van der Waals surface area contributed by atoms with Crippen LogP contribution in [0.3, 0.4) is 0 Å². The summed E-state index contributed by atoms with van der Waals surface area (Å²) in [6.07, 6.45) is 3.08. The molecule has 1 aromatic carbocycles. The van der Waals surface area contributed by atoms with Gasteiger partial charge in [0, 0.05) is 48.0 Å². The number of aromatic amines is 1. The van der Waals surface area contributed by atoms with Gasteiger partial charge in [-0.15, -0.1) is 0 Å². The van der Waals surface area contributed by atoms with Gasteiger partial charge in [0.05, 0.1) is 17.0 Å². The molecule has 0 aliphatic heterocycles. The topological polar surface area (TPSA) is 108 Å². The van der Waals surface area contributed by atoms with Gasteiger partial charge in [0.15, 0.2) is 0 Å². The van der Waals surface area contributed by atoms with Gasteiger partial charge < -0.3 is 15.2 Å². The van der Waals surface area contributed by atoms with Gasteiger partial charge in [-0.25, -0.2) is 4.98 Å². The van der Waals surface area contributed by atoms with Crippen LogP contribution in [0.25, 0.3) is 11.4 Å². The van der Waals surface area contributed by atoms with Crippen molar-refractivity contribution in [2.45, 2.75) is 27.2 Å². The molecule has 0 radical (unpaired) electrons. The number of rotatable bonds is 7. The number of nitrogens with zero attached hydrogens (tertiary/aromatic N) is 3. The van der Waals surface area contributed by atoms with E-state index >= 15 is 0 Å². The van der Waals surface area contributed by atoms with Crippen molar-refractivity contribution in [3.05, 3.63) is 74.9 Å². The Kier molecular flexibility index (Phi) is 7.37. The first-order chi connectivity index (χ1) is 15.3. The number of carbonyl (C=O) groups is 2. The average molecular weight is 454 g/mol. The third-order valence-corrected chi connectivity index (χ3v) is 5.34. The fourth-order valence-electron chi connectivity index (χ4n) is 3.27. The second-order valence-electron chi connectivity index (χ2n) is 7.12. The number of H-pyrrole nitrogens is 1. The van der Waals surface area contributed by atoms with Crippen molar-refractivity contribution in [3.8, 4) is 11.4 Å². The molecule has 2 amide bonds. The van der Waals surface area contributed by atoms with Crippen molar-refractivity contribution in [1.29, 1.82) is 0 Å². The fraction of sp³-hybridized carbons (Fsp3) is 0.261. The zero-order valence-corrected chi connectivity index (χ0v) is 18.9. The van der Waals surface area contributed by atoms with Crippen LogP contribution in [-0.4, -0.2) is 44.8 Å². The van der Waals surface area contributed by atoms with Gasteiger partial charge in [0.2, 0.25) is 5.91 Å². The van der Waals surface area contributed by atoms with E-state index in [1.807, 2.05) is 13.8 Å². The molecule has 0 fully saturated rings. The van der Waals surface area contributed by atoms with E-state index in [9.17, 15) is 14.4 Å². The van der Waals surface area contributed by atoms with Crippen LogP contribution in [0.2, 0.25) is 5.02 Å². The molecule has 0 atom stereocenters. The van der Waals surface area contributed by atoms with Crippen molar-refractivity contribution in [1.82, 2.24) is 19.9 Å². The summed E-state index contributed by atoms with van der Waals surface area (Å²) >= 11 is 6.28. The maximum atomic E-state index is 12.6. The number of pyridine rings is 1. The minimum absolute atomic E-state index is 0.154. The predicted octanol–water partition coefficient (Wildman–Crippen LogP) is 3.46. The summed E-state index contributed by atoms with van der Waals surface area (Å²) in [6.45, 7) is 6.62. The van der Waals surface area contributed by atoms with Gasteiger partial charge in [-0.05, 0) is 51.1 Å². The van der Waals surface area contributed by atoms with E-state index in [-0.39, 0.29) is 28.5 Å². The van der Waals surface area contributed by atoms with E-state index in [1.165, 1.54) is 6.07 Å². The highest BCUT2D eigenvalue weighted by Crippen LogP contribution is 2.23. The second kappa shape index (κ2) is 10.2. The normalized spacial score (nSPS) is 10.6. The largest absolute Gasteiger partial charge is 0.339 e. The molecule has 32 heavy (non-hydrogen) atoms. The van der Waals surface area contributed by atoms with Gasteiger partial charge in [-0.3, -0.25) is 19.4 Å². The lowest BCUT2D eigenvalue weighted by Crippen LogP contribution is -2.30. The Balaban J connectivity index is 1.74. The monoisotopic (exact) mass is 453 g/mol. The number of halogens is 1. The molecule has 2 heterocycles. The van der Waals surface area contributed by atoms with Crippen molar-refractivity contribution in [2.24, 2.45) is 0 Å². The van der Waals surface area contributed by atoms with E-state index in [2.05, 4.69) is 20.3 Å². The summed E-state index contributed by atoms with van der Waals surface area (Å²) in [6, 6.07) is 8.26. The number of carbonyl (C=O) groups excluding carboxylic acids is 2. The summed E-state index contributed by atoms with van der Waals surface area (Å²) in [5.74, 6) is -0.168. The lowest BCUT2D eigenvalue weighted by atomic mass is 10.1. The minimum Gasteiger partial charge on any atom is -0.339 e. The molecule has 9 heteroatoms. The molecular formula is C23H24ClN5O3. The lowest BCUT2D eigenvalue weighted by Gasteiger charge is -2.19. The Morgan fingerprint density at radius 2 is 1.94 bits per heavy atom. The zero-order chi connectivity index (χ0) is 23.3. The molecule has 2 N–H and O–H groups in total. The quantitative estimate of drug-likeness (QED) is 0.569. The van der Waals surface area contributed by atoms with E-state index in [0.29, 0.717) is 41.4 Å². The Labute approximate surface area is 190 Å². The lowest BCUT2D eigenvalue weighted by molar-refractivity contribution is -0.115. The maximum Gasteiger partial charge on any atom is 0.255 e. The molecule has 3 rings (SSSR count). The summed E-state index contributed by atoms with van der Waals surface area (Å²) < 4.78 is 0. The van der Waals surface area contributed by atoms with Crippen LogP contribution in [0.15, 0.2) is 47.5 Å². The van der Waals surface area contributed by atoms with Crippen molar-refractivity contribution < 1.29 is 9.59 Å².